The Bertz CT molecular complexity index is 891. The summed E-state index contributed by atoms with van der Waals surface area (Å²) in [4.78, 5) is 16.7. The van der Waals surface area contributed by atoms with E-state index >= 15 is 0 Å². The number of carbonyl (C=O) groups is 1. The molecule has 132 valence electrons. The lowest BCUT2D eigenvalue weighted by Crippen LogP contribution is -2.14. The van der Waals surface area contributed by atoms with E-state index in [4.69, 9.17) is 0 Å². The molecule has 0 aliphatic heterocycles. The Labute approximate surface area is 154 Å². The quantitative estimate of drug-likeness (QED) is 0.686. The molecule has 0 bridgehead atoms. The summed E-state index contributed by atoms with van der Waals surface area (Å²) in [5.74, 6) is -0.155. The zero-order valence-corrected chi connectivity index (χ0v) is 15.1. The highest BCUT2D eigenvalue weighted by Gasteiger charge is 2.09. The molecule has 4 nitrogen and oxygen atoms in total. The third-order valence-corrected chi connectivity index (χ3v) is 4.44. The van der Waals surface area contributed by atoms with Gasteiger partial charge < -0.3 is 10.6 Å². The van der Waals surface area contributed by atoms with Gasteiger partial charge in [-0.1, -0.05) is 42.5 Å². The van der Waals surface area contributed by atoms with Crippen molar-refractivity contribution < 1.29 is 4.79 Å². The first-order chi connectivity index (χ1) is 12.6. The van der Waals surface area contributed by atoms with Gasteiger partial charge in [0.1, 0.15) is 0 Å². The van der Waals surface area contributed by atoms with E-state index in [0.29, 0.717) is 5.56 Å². The smallest absolute Gasteiger partial charge is 0.257 e. The molecule has 0 aliphatic carbocycles. The molecule has 1 heterocycles. The molecule has 0 saturated carbocycles. The van der Waals surface area contributed by atoms with Gasteiger partial charge in [0, 0.05) is 24.6 Å². The summed E-state index contributed by atoms with van der Waals surface area (Å²) in [5.41, 5.74) is 5.71. The first-order valence-electron chi connectivity index (χ1n) is 8.74. The first-order valence-corrected chi connectivity index (χ1v) is 8.74. The molecule has 1 aromatic heterocycles. The van der Waals surface area contributed by atoms with Gasteiger partial charge in [-0.05, 0) is 49.1 Å². The summed E-state index contributed by atoms with van der Waals surface area (Å²) in [7, 11) is 0. The fourth-order valence-corrected chi connectivity index (χ4v) is 2.74. The molecule has 2 aromatic carbocycles. The van der Waals surface area contributed by atoms with Gasteiger partial charge >= 0.3 is 0 Å². The van der Waals surface area contributed by atoms with Gasteiger partial charge in [-0.3, -0.25) is 9.78 Å². The van der Waals surface area contributed by atoms with E-state index in [9.17, 15) is 4.79 Å². The lowest BCUT2D eigenvalue weighted by Gasteiger charge is -2.11. The number of pyridine rings is 1. The van der Waals surface area contributed by atoms with E-state index in [-0.39, 0.29) is 5.91 Å². The Balaban J connectivity index is 1.63. The minimum Gasteiger partial charge on any atom is -0.383 e. The molecule has 0 aliphatic rings. The van der Waals surface area contributed by atoms with Crippen LogP contribution in [0, 0.1) is 13.8 Å². The van der Waals surface area contributed by atoms with Crippen LogP contribution in [0.15, 0.2) is 67.0 Å². The summed E-state index contributed by atoms with van der Waals surface area (Å²) < 4.78 is 0. The number of rotatable bonds is 6. The fraction of sp³-hybridized carbons (Fsp3) is 0.182. The summed E-state index contributed by atoms with van der Waals surface area (Å²) in [6, 6.07) is 18.0. The second-order valence-electron chi connectivity index (χ2n) is 6.33. The van der Waals surface area contributed by atoms with Crippen molar-refractivity contribution in [1.82, 2.24) is 4.98 Å². The van der Waals surface area contributed by atoms with Crippen LogP contribution in [0.3, 0.4) is 0 Å². The molecule has 0 fully saturated rings. The molecule has 1 amide bonds. The van der Waals surface area contributed by atoms with Crippen LogP contribution in [0.25, 0.3) is 0 Å². The first kappa shape index (κ1) is 17.7. The predicted octanol–water partition coefficient (Wildman–Crippen LogP) is 4.61. The maximum atomic E-state index is 12.5. The molecule has 0 saturated heterocycles. The SMILES string of the molecule is Cc1cccc(NC(=O)c2cncc(NCCc3ccccc3)c2)c1C. The Hall–Kier alpha value is -3.14. The van der Waals surface area contributed by atoms with E-state index < -0.39 is 0 Å². The fourth-order valence-electron chi connectivity index (χ4n) is 2.74. The Morgan fingerprint density at radius 3 is 2.62 bits per heavy atom. The number of aryl methyl sites for hydroxylation is 1. The van der Waals surface area contributed by atoms with Crippen LogP contribution in [0.4, 0.5) is 11.4 Å². The summed E-state index contributed by atoms with van der Waals surface area (Å²) in [6.45, 7) is 4.82. The Morgan fingerprint density at radius 2 is 1.81 bits per heavy atom. The van der Waals surface area contributed by atoms with Gasteiger partial charge in [-0.25, -0.2) is 0 Å². The molecular weight excluding hydrogens is 322 g/mol. The maximum absolute atomic E-state index is 12.5. The van der Waals surface area contributed by atoms with Crippen LogP contribution in [-0.4, -0.2) is 17.4 Å². The van der Waals surface area contributed by atoms with Gasteiger partial charge in [-0.15, -0.1) is 0 Å². The molecule has 4 heteroatoms. The molecule has 0 atom stereocenters. The van der Waals surface area contributed by atoms with Crippen molar-refractivity contribution in [2.45, 2.75) is 20.3 Å². The maximum Gasteiger partial charge on any atom is 0.257 e. The van der Waals surface area contributed by atoms with Crippen LogP contribution >= 0.6 is 0 Å². The molecule has 0 unspecified atom stereocenters. The number of nitrogens with one attached hydrogen (secondary N) is 2. The van der Waals surface area contributed by atoms with Crippen molar-refractivity contribution in [3.05, 3.63) is 89.2 Å². The van der Waals surface area contributed by atoms with Crippen molar-refractivity contribution in [3.8, 4) is 0 Å². The van der Waals surface area contributed by atoms with Crippen LogP contribution in [0.1, 0.15) is 27.0 Å². The summed E-state index contributed by atoms with van der Waals surface area (Å²) >= 11 is 0. The van der Waals surface area contributed by atoms with E-state index in [0.717, 1.165) is 35.5 Å². The summed E-state index contributed by atoms with van der Waals surface area (Å²) in [5, 5.41) is 6.30. The van der Waals surface area contributed by atoms with Gasteiger partial charge in [-0.2, -0.15) is 0 Å². The lowest BCUT2D eigenvalue weighted by atomic mass is 10.1. The van der Waals surface area contributed by atoms with Crippen LogP contribution in [0.2, 0.25) is 0 Å². The number of amides is 1. The normalized spacial score (nSPS) is 10.4. The second-order valence-corrected chi connectivity index (χ2v) is 6.33. The van der Waals surface area contributed by atoms with Gasteiger partial charge in [0.05, 0.1) is 11.3 Å². The van der Waals surface area contributed by atoms with E-state index in [1.54, 1.807) is 12.4 Å². The molecule has 0 spiro atoms. The standard InChI is InChI=1S/C22H23N3O/c1-16-7-6-10-21(17(16)2)25-22(26)19-13-20(15-23-14-19)24-12-11-18-8-4-3-5-9-18/h3-10,13-15,24H,11-12H2,1-2H3,(H,25,26). The van der Waals surface area contributed by atoms with Crippen molar-refractivity contribution in [2.24, 2.45) is 0 Å². The van der Waals surface area contributed by atoms with Gasteiger partial charge in [0.2, 0.25) is 0 Å². The lowest BCUT2D eigenvalue weighted by molar-refractivity contribution is 0.102. The number of hydrogen-bond donors (Lipinski definition) is 2. The van der Waals surface area contributed by atoms with Crippen LogP contribution < -0.4 is 10.6 Å². The van der Waals surface area contributed by atoms with Gasteiger partial charge in [0.15, 0.2) is 0 Å². The Morgan fingerprint density at radius 1 is 1.00 bits per heavy atom. The van der Waals surface area contributed by atoms with Crippen molar-refractivity contribution in [1.29, 1.82) is 0 Å². The third kappa shape index (κ3) is 4.48. The van der Waals surface area contributed by atoms with E-state index in [1.165, 1.54) is 5.56 Å². The number of hydrogen-bond acceptors (Lipinski definition) is 3. The second kappa shape index (κ2) is 8.30. The molecule has 2 N–H and O–H groups in total. The molecular formula is C22H23N3O. The minimum atomic E-state index is -0.155. The highest BCUT2D eigenvalue weighted by Crippen LogP contribution is 2.19. The van der Waals surface area contributed by atoms with Crippen molar-refractivity contribution in [3.63, 3.8) is 0 Å². The van der Waals surface area contributed by atoms with Crippen molar-refractivity contribution in [2.75, 3.05) is 17.2 Å². The minimum absolute atomic E-state index is 0.155. The van der Waals surface area contributed by atoms with E-state index in [1.807, 2.05) is 56.3 Å². The molecule has 3 aromatic rings. The number of carbonyl (C=O) groups excluding carboxylic acids is 1. The Kier molecular flexibility index (Phi) is 5.64. The number of anilines is 2. The predicted molar refractivity (Wildman–Crippen MR) is 107 cm³/mol. The van der Waals surface area contributed by atoms with E-state index in [2.05, 4.69) is 27.8 Å². The number of aromatic nitrogens is 1. The zero-order valence-electron chi connectivity index (χ0n) is 15.1. The van der Waals surface area contributed by atoms with Crippen molar-refractivity contribution >= 4 is 17.3 Å². The largest absolute Gasteiger partial charge is 0.383 e. The number of nitrogens with zero attached hydrogens (tertiary/aromatic N) is 1. The third-order valence-electron chi connectivity index (χ3n) is 4.44. The summed E-state index contributed by atoms with van der Waals surface area (Å²) in [6.07, 6.45) is 4.24. The molecule has 26 heavy (non-hydrogen) atoms. The average Bonchev–Trinajstić information content (AvgIpc) is 2.66. The van der Waals surface area contributed by atoms with Crippen LogP contribution in [0.5, 0.6) is 0 Å². The zero-order chi connectivity index (χ0) is 18.4. The average molecular weight is 345 g/mol. The highest BCUT2D eigenvalue weighted by molar-refractivity contribution is 6.05. The topological polar surface area (TPSA) is 54.0 Å². The van der Waals surface area contributed by atoms with Crippen LogP contribution in [-0.2, 0) is 6.42 Å². The van der Waals surface area contributed by atoms with Gasteiger partial charge in [0.25, 0.3) is 5.91 Å². The molecule has 0 radical (unpaired) electrons. The number of benzene rings is 2. The monoisotopic (exact) mass is 345 g/mol. The molecule has 3 rings (SSSR count). The highest BCUT2D eigenvalue weighted by atomic mass is 16.1.